The number of fused-ring (bicyclic) bond motifs is 6. The van der Waals surface area contributed by atoms with Gasteiger partial charge in [-0.05, 0) is 176 Å². The molecular formula is C81H58N2. The molecule has 83 heavy (non-hydrogen) atoms. The van der Waals surface area contributed by atoms with Gasteiger partial charge in [0.2, 0.25) is 0 Å². The minimum atomic E-state index is 0.0190. The number of nitrogens with zero attached hydrogens (tertiary/aromatic N) is 2. The highest BCUT2D eigenvalue weighted by Crippen LogP contribution is 2.48. The van der Waals surface area contributed by atoms with Crippen molar-refractivity contribution in [3.63, 3.8) is 0 Å². The number of benzene rings is 13. The van der Waals surface area contributed by atoms with E-state index < -0.39 is 0 Å². The van der Waals surface area contributed by atoms with E-state index in [9.17, 15) is 0 Å². The second-order valence-electron chi connectivity index (χ2n) is 22.3. The molecule has 0 spiro atoms. The number of rotatable bonds is 8. The molecule has 1 heterocycles. The molecule has 0 bridgehead atoms. The van der Waals surface area contributed by atoms with Crippen molar-refractivity contribution in [2.45, 2.75) is 19.8 Å². The summed E-state index contributed by atoms with van der Waals surface area (Å²) in [6, 6.07) is 103. The van der Waals surface area contributed by atoms with E-state index in [-0.39, 0.29) is 11.8 Å². The maximum absolute atomic E-state index is 5.22. The van der Waals surface area contributed by atoms with Gasteiger partial charge in [0, 0.05) is 17.2 Å². The van der Waals surface area contributed by atoms with Gasteiger partial charge in [-0.25, -0.2) is 4.98 Å². The Labute approximate surface area is 485 Å². The summed E-state index contributed by atoms with van der Waals surface area (Å²) in [5.74, 6) is 1.09. The lowest BCUT2D eigenvalue weighted by atomic mass is 9.75. The summed E-state index contributed by atoms with van der Waals surface area (Å²) in [7, 11) is 0. The van der Waals surface area contributed by atoms with E-state index >= 15 is 0 Å². The van der Waals surface area contributed by atoms with E-state index in [2.05, 4.69) is 322 Å². The topological polar surface area (TPSA) is 17.8 Å². The molecule has 0 fully saturated rings. The predicted molar refractivity (Wildman–Crippen MR) is 352 cm³/mol. The molecule has 13 aromatic carbocycles. The highest BCUT2D eigenvalue weighted by atomic mass is 15.1. The first-order chi connectivity index (χ1) is 41.0. The normalized spacial score (nSPS) is 14.9. The smallest absolute Gasteiger partial charge is 0.145 e. The fourth-order valence-corrected chi connectivity index (χ4v) is 13.2. The molecule has 0 aliphatic heterocycles. The van der Waals surface area contributed by atoms with Crippen molar-refractivity contribution in [1.29, 1.82) is 0 Å². The van der Waals surface area contributed by atoms with Crippen LogP contribution in [0.3, 0.4) is 0 Å². The van der Waals surface area contributed by atoms with Gasteiger partial charge in [-0.15, -0.1) is 0 Å². The first-order valence-electron chi connectivity index (χ1n) is 29.0. The first-order valence-corrected chi connectivity index (χ1v) is 29.0. The van der Waals surface area contributed by atoms with E-state index in [0.29, 0.717) is 0 Å². The summed E-state index contributed by atoms with van der Waals surface area (Å²) in [6.07, 6.45) is 9.13. The molecule has 0 saturated carbocycles. The Hall–Kier alpha value is -10.4. The Morgan fingerprint density at radius 1 is 0.373 bits per heavy atom. The molecule has 1 aliphatic rings. The fourth-order valence-electron chi connectivity index (χ4n) is 13.2. The largest absolute Gasteiger partial charge is 0.292 e. The summed E-state index contributed by atoms with van der Waals surface area (Å²) < 4.78 is 2.28. The average molecular weight is 1060 g/mol. The molecule has 2 atom stereocenters. The third-order valence-electron chi connectivity index (χ3n) is 17.3. The average Bonchev–Trinajstić information content (AvgIpc) is 4.12. The van der Waals surface area contributed by atoms with Gasteiger partial charge in [0.05, 0.1) is 11.0 Å². The molecule has 0 radical (unpaired) electrons. The molecule has 0 saturated heterocycles. The lowest BCUT2D eigenvalue weighted by Crippen LogP contribution is -2.13. The van der Waals surface area contributed by atoms with E-state index in [1.54, 1.807) is 0 Å². The number of para-hydroxylation sites is 3. The molecule has 1 aliphatic carbocycles. The third-order valence-corrected chi connectivity index (χ3v) is 17.3. The summed E-state index contributed by atoms with van der Waals surface area (Å²) in [5.41, 5.74) is 21.3. The molecule has 0 amide bonds. The van der Waals surface area contributed by atoms with Crippen LogP contribution in [0.15, 0.2) is 309 Å². The van der Waals surface area contributed by atoms with Crippen LogP contribution >= 0.6 is 0 Å². The van der Waals surface area contributed by atoms with Crippen molar-refractivity contribution in [1.82, 2.24) is 9.55 Å². The number of imidazole rings is 1. The van der Waals surface area contributed by atoms with Crippen LogP contribution in [-0.2, 0) is 0 Å². The molecular weight excluding hydrogens is 1000 g/mol. The molecule has 2 heteroatoms. The standard InChI is InChI=1S/C81H58N2/c1-53-18-6-7-19-54(2)78(70-27-13-12-26-69(70)77(53)59-42-44-62(45-43-59)81-82-75-30-16-17-31-76(75)83(81)68-24-4-3-5-25-68)67-48-49-73-74(52-67)80(61-40-34-58(35-41-61)66-47-37-56-21-9-11-23-64(56)51-66)72-29-15-14-28-71(72)79(73)60-38-32-57(33-39-60)65-46-36-55-20-8-10-22-63(55)50-65/h3-52,54,78H,1-2H3/b18-6?,19-7+,77-53?. The van der Waals surface area contributed by atoms with E-state index in [4.69, 9.17) is 4.98 Å². The number of hydrogen-bond donors (Lipinski definition) is 0. The zero-order chi connectivity index (χ0) is 55.4. The van der Waals surface area contributed by atoms with Gasteiger partial charge >= 0.3 is 0 Å². The number of aromatic nitrogens is 2. The Bertz CT molecular complexity index is 4900. The van der Waals surface area contributed by atoms with Gasteiger partial charge in [-0.2, -0.15) is 0 Å². The van der Waals surface area contributed by atoms with E-state index in [1.165, 1.54) is 115 Å². The predicted octanol–water partition coefficient (Wildman–Crippen LogP) is 21.7. The van der Waals surface area contributed by atoms with Crippen molar-refractivity contribution in [2.75, 3.05) is 0 Å². The Morgan fingerprint density at radius 3 is 1.54 bits per heavy atom. The van der Waals surface area contributed by atoms with E-state index in [0.717, 1.165) is 33.7 Å². The highest BCUT2D eigenvalue weighted by Gasteiger charge is 2.27. The maximum atomic E-state index is 5.22. The first kappa shape index (κ1) is 49.6. The molecule has 0 N–H and O–H groups in total. The van der Waals surface area contributed by atoms with Crippen LogP contribution < -0.4 is 0 Å². The second-order valence-corrected chi connectivity index (χ2v) is 22.3. The highest BCUT2D eigenvalue weighted by molar-refractivity contribution is 6.21. The lowest BCUT2D eigenvalue weighted by molar-refractivity contribution is 0.623. The quantitative estimate of drug-likeness (QED) is 0.139. The Morgan fingerprint density at radius 2 is 0.880 bits per heavy atom. The second kappa shape index (κ2) is 20.9. The molecule has 2 unspecified atom stereocenters. The van der Waals surface area contributed by atoms with E-state index in [1.807, 2.05) is 0 Å². The summed E-state index contributed by atoms with van der Waals surface area (Å²) >= 11 is 0. The van der Waals surface area contributed by atoms with Gasteiger partial charge in [0.25, 0.3) is 0 Å². The van der Waals surface area contributed by atoms with Crippen LogP contribution in [-0.4, -0.2) is 9.55 Å². The molecule has 1 aromatic heterocycles. The van der Waals surface area contributed by atoms with Crippen LogP contribution in [0, 0.1) is 5.92 Å². The minimum absolute atomic E-state index is 0.0190. The zero-order valence-electron chi connectivity index (χ0n) is 46.4. The molecule has 15 rings (SSSR count). The van der Waals surface area contributed by atoms with Crippen LogP contribution in [0.5, 0.6) is 0 Å². The lowest BCUT2D eigenvalue weighted by Gasteiger charge is -2.28. The zero-order valence-corrected chi connectivity index (χ0v) is 46.4. The maximum Gasteiger partial charge on any atom is 0.145 e. The van der Waals surface area contributed by atoms with Gasteiger partial charge in [0.15, 0.2) is 0 Å². The monoisotopic (exact) mass is 1060 g/mol. The van der Waals surface area contributed by atoms with Crippen molar-refractivity contribution in [3.05, 3.63) is 331 Å². The van der Waals surface area contributed by atoms with Crippen LogP contribution in [0.2, 0.25) is 0 Å². The Balaban J connectivity index is 0.888. The minimum Gasteiger partial charge on any atom is -0.292 e. The molecule has 14 aromatic rings. The van der Waals surface area contributed by atoms with Crippen LogP contribution in [0.1, 0.15) is 42.0 Å². The third kappa shape index (κ3) is 8.97. The van der Waals surface area contributed by atoms with Crippen molar-refractivity contribution >= 4 is 59.7 Å². The summed E-state index contributed by atoms with van der Waals surface area (Å²) in [4.78, 5) is 5.22. The Kier molecular flexibility index (Phi) is 12.5. The SMILES string of the molecule is CC1=C(c2ccc(-c3nc4ccccc4n3-c3ccccc3)cc2)c2ccccc2C(c2ccc3c(-c4ccc(-c5ccc6ccccc6c5)cc4)c4ccccc4c(-c4ccc(-c5ccc6ccccc6c5)cc4)c3c2)C(C)/C=C/C=C1. The van der Waals surface area contributed by atoms with Gasteiger partial charge in [0.1, 0.15) is 5.82 Å². The van der Waals surface area contributed by atoms with Gasteiger partial charge in [-0.1, -0.05) is 268 Å². The molecule has 2 nitrogen and oxygen atoms in total. The van der Waals surface area contributed by atoms with Crippen LogP contribution in [0.4, 0.5) is 0 Å². The van der Waals surface area contributed by atoms with Gasteiger partial charge in [-0.3, -0.25) is 4.57 Å². The molecule has 392 valence electrons. The summed E-state index contributed by atoms with van der Waals surface area (Å²) in [6.45, 7) is 4.64. The van der Waals surface area contributed by atoms with Crippen molar-refractivity contribution in [2.24, 2.45) is 5.92 Å². The summed E-state index contributed by atoms with van der Waals surface area (Å²) in [5, 5.41) is 9.93. The number of hydrogen-bond acceptors (Lipinski definition) is 1. The van der Waals surface area contributed by atoms with Gasteiger partial charge < -0.3 is 0 Å². The van der Waals surface area contributed by atoms with Crippen molar-refractivity contribution in [3.8, 4) is 61.6 Å². The van der Waals surface area contributed by atoms with Crippen molar-refractivity contribution < 1.29 is 0 Å². The van der Waals surface area contributed by atoms with Crippen LogP contribution in [0.25, 0.3) is 121 Å². The fraction of sp³-hybridized carbons (Fsp3) is 0.0494. The number of allylic oxidation sites excluding steroid dienone is 5.